The van der Waals surface area contributed by atoms with Gasteiger partial charge in [-0.15, -0.1) is 0 Å². The van der Waals surface area contributed by atoms with Gasteiger partial charge in [0, 0.05) is 26.7 Å². The quantitative estimate of drug-likeness (QED) is 0.696. The Bertz CT molecular complexity index is 314. The Labute approximate surface area is 116 Å². The Balaban J connectivity index is 2.31. The molecule has 1 atom stereocenters. The van der Waals surface area contributed by atoms with Crippen LogP contribution in [0.4, 0.5) is 0 Å². The molecule has 0 aliphatic carbocycles. The lowest BCUT2D eigenvalue weighted by Gasteiger charge is -2.33. The Kier molecular flexibility index (Phi) is 7.46. The molecule has 0 saturated carbocycles. The van der Waals surface area contributed by atoms with Crippen LogP contribution in [0.2, 0.25) is 0 Å². The average Bonchev–Trinajstić information content (AvgIpc) is 2.42. The number of rotatable bonds is 7. The fourth-order valence-corrected chi connectivity index (χ4v) is 2.23. The number of nitrogens with zero attached hydrogens (tertiary/aromatic N) is 3. The molecule has 1 heterocycles. The van der Waals surface area contributed by atoms with E-state index in [2.05, 4.69) is 17.9 Å². The Morgan fingerprint density at radius 1 is 1.58 bits per heavy atom. The van der Waals surface area contributed by atoms with Crippen molar-refractivity contribution in [3.05, 3.63) is 0 Å². The van der Waals surface area contributed by atoms with Gasteiger partial charge in [-0.2, -0.15) is 5.26 Å². The molecule has 5 heteroatoms. The molecule has 5 nitrogen and oxygen atoms in total. The molecule has 0 N–H and O–H groups in total. The van der Waals surface area contributed by atoms with Crippen molar-refractivity contribution < 1.29 is 9.53 Å². The van der Waals surface area contributed by atoms with Crippen molar-refractivity contribution in [1.29, 1.82) is 5.26 Å². The smallest absolute Gasteiger partial charge is 0.236 e. The van der Waals surface area contributed by atoms with E-state index in [1.807, 2.05) is 0 Å². The van der Waals surface area contributed by atoms with Gasteiger partial charge >= 0.3 is 0 Å². The summed E-state index contributed by atoms with van der Waals surface area (Å²) in [6, 6.07) is 2.06. The lowest BCUT2D eigenvalue weighted by Crippen LogP contribution is -2.45. The third kappa shape index (κ3) is 6.04. The highest BCUT2D eigenvalue weighted by atomic mass is 16.5. The second kappa shape index (κ2) is 8.89. The van der Waals surface area contributed by atoms with Gasteiger partial charge in [-0.05, 0) is 25.8 Å². The molecule has 0 spiro atoms. The molecule has 108 valence electrons. The molecule has 1 aliphatic heterocycles. The van der Waals surface area contributed by atoms with Crippen LogP contribution < -0.4 is 0 Å². The number of piperidine rings is 1. The van der Waals surface area contributed by atoms with E-state index in [-0.39, 0.29) is 12.0 Å². The van der Waals surface area contributed by atoms with Crippen molar-refractivity contribution >= 4 is 5.91 Å². The zero-order valence-electron chi connectivity index (χ0n) is 12.1. The fourth-order valence-electron chi connectivity index (χ4n) is 2.23. The SMILES string of the molecule is CCCOC1CCCN(CC(=O)N(C)CCC#N)C1. The lowest BCUT2D eigenvalue weighted by molar-refractivity contribution is -0.132. The predicted molar refractivity (Wildman–Crippen MR) is 73.6 cm³/mol. The molecule has 1 fully saturated rings. The Morgan fingerprint density at radius 2 is 2.37 bits per heavy atom. The van der Waals surface area contributed by atoms with E-state index in [9.17, 15) is 4.79 Å². The summed E-state index contributed by atoms with van der Waals surface area (Å²) in [7, 11) is 1.76. The number of carbonyl (C=O) groups excluding carboxylic acids is 1. The second-order valence-electron chi connectivity index (χ2n) is 5.09. The molecule has 1 rings (SSSR count). The van der Waals surface area contributed by atoms with Crippen LogP contribution in [0.5, 0.6) is 0 Å². The maximum absolute atomic E-state index is 12.0. The van der Waals surface area contributed by atoms with Crippen LogP contribution in [0.25, 0.3) is 0 Å². The summed E-state index contributed by atoms with van der Waals surface area (Å²) >= 11 is 0. The van der Waals surface area contributed by atoms with Crippen molar-refractivity contribution in [3.8, 4) is 6.07 Å². The molecular formula is C14H25N3O2. The summed E-state index contributed by atoms with van der Waals surface area (Å²) in [5.74, 6) is 0.0893. The number of hydrogen-bond donors (Lipinski definition) is 0. The van der Waals surface area contributed by atoms with E-state index in [1.54, 1.807) is 11.9 Å². The van der Waals surface area contributed by atoms with Crippen molar-refractivity contribution in [2.24, 2.45) is 0 Å². The van der Waals surface area contributed by atoms with Crippen molar-refractivity contribution in [3.63, 3.8) is 0 Å². The van der Waals surface area contributed by atoms with Crippen LogP contribution in [0.3, 0.4) is 0 Å². The number of amides is 1. The first-order chi connectivity index (χ1) is 9.17. The highest BCUT2D eigenvalue weighted by molar-refractivity contribution is 5.78. The first-order valence-electron chi connectivity index (χ1n) is 7.12. The number of hydrogen-bond acceptors (Lipinski definition) is 4. The first-order valence-corrected chi connectivity index (χ1v) is 7.12. The van der Waals surface area contributed by atoms with Gasteiger partial charge in [0.05, 0.1) is 25.1 Å². The Hall–Kier alpha value is -1.12. The number of likely N-dealkylation sites (N-methyl/N-ethyl adjacent to an activating group) is 1. The molecule has 0 aromatic heterocycles. The van der Waals surface area contributed by atoms with E-state index in [1.165, 1.54) is 0 Å². The summed E-state index contributed by atoms with van der Waals surface area (Å²) in [5, 5.41) is 8.52. The van der Waals surface area contributed by atoms with Gasteiger partial charge in [0.15, 0.2) is 0 Å². The van der Waals surface area contributed by atoms with Crippen LogP contribution in [0.15, 0.2) is 0 Å². The summed E-state index contributed by atoms with van der Waals surface area (Å²) in [5.41, 5.74) is 0. The van der Waals surface area contributed by atoms with Crippen molar-refractivity contribution in [2.75, 3.05) is 39.8 Å². The third-order valence-electron chi connectivity index (χ3n) is 3.36. The molecule has 1 unspecified atom stereocenters. The maximum atomic E-state index is 12.0. The molecule has 0 aromatic rings. The highest BCUT2D eigenvalue weighted by Gasteiger charge is 2.22. The number of likely N-dealkylation sites (tertiary alicyclic amines) is 1. The van der Waals surface area contributed by atoms with Crippen LogP contribution in [-0.2, 0) is 9.53 Å². The van der Waals surface area contributed by atoms with Gasteiger partial charge in [-0.1, -0.05) is 6.92 Å². The van der Waals surface area contributed by atoms with Crippen LogP contribution in [0, 0.1) is 11.3 Å². The topological polar surface area (TPSA) is 56.6 Å². The van der Waals surface area contributed by atoms with Crippen LogP contribution >= 0.6 is 0 Å². The van der Waals surface area contributed by atoms with Gasteiger partial charge in [-0.3, -0.25) is 9.69 Å². The molecule has 1 amide bonds. The molecule has 19 heavy (non-hydrogen) atoms. The summed E-state index contributed by atoms with van der Waals surface area (Å²) in [4.78, 5) is 15.8. The molecule has 0 bridgehead atoms. The number of ether oxygens (including phenoxy) is 1. The summed E-state index contributed by atoms with van der Waals surface area (Å²) < 4.78 is 5.76. The van der Waals surface area contributed by atoms with Crippen molar-refractivity contribution in [1.82, 2.24) is 9.80 Å². The minimum absolute atomic E-state index is 0.0893. The highest BCUT2D eigenvalue weighted by Crippen LogP contribution is 2.13. The van der Waals surface area contributed by atoms with Gasteiger partial charge < -0.3 is 9.64 Å². The molecule has 0 radical (unpaired) electrons. The van der Waals surface area contributed by atoms with E-state index in [4.69, 9.17) is 10.00 Å². The third-order valence-corrected chi connectivity index (χ3v) is 3.36. The number of carbonyl (C=O) groups is 1. The van der Waals surface area contributed by atoms with E-state index in [0.717, 1.165) is 39.0 Å². The zero-order chi connectivity index (χ0) is 14.1. The summed E-state index contributed by atoms with van der Waals surface area (Å²) in [6.07, 6.45) is 3.88. The number of nitriles is 1. The van der Waals surface area contributed by atoms with E-state index >= 15 is 0 Å². The van der Waals surface area contributed by atoms with Gasteiger partial charge in [0.2, 0.25) is 5.91 Å². The van der Waals surface area contributed by atoms with Crippen LogP contribution in [0.1, 0.15) is 32.6 Å². The standard InChI is InChI=1S/C14H25N3O2/c1-3-10-19-13-6-4-9-17(11-13)12-14(18)16(2)8-5-7-15/h13H,3-6,8-12H2,1-2H3. The minimum Gasteiger partial charge on any atom is -0.377 e. The van der Waals surface area contributed by atoms with Gasteiger partial charge in [0.1, 0.15) is 0 Å². The minimum atomic E-state index is 0.0893. The average molecular weight is 267 g/mol. The largest absolute Gasteiger partial charge is 0.377 e. The maximum Gasteiger partial charge on any atom is 0.236 e. The Morgan fingerprint density at radius 3 is 3.05 bits per heavy atom. The zero-order valence-corrected chi connectivity index (χ0v) is 12.1. The van der Waals surface area contributed by atoms with Crippen molar-refractivity contribution in [2.45, 2.75) is 38.7 Å². The predicted octanol–water partition coefficient (Wildman–Crippen LogP) is 1.25. The molecular weight excluding hydrogens is 242 g/mol. The normalized spacial score (nSPS) is 19.9. The van der Waals surface area contributed by atoms with Gasteiger partial charge in [0.25, 0.3) is 0 Å². The monoisotopic (exact) mass is 267 g/mol. The molecule has 1 aliphatic rings. The van der Waals surface area contributed by atoms with Gasteiger partial charge in [-0.25, -0.2) is 0 Å². The van der Waals surface area contributed by atoms with E-state index in [0.29, 0.717) is 19.5 Å². The lowest BCUT2D eigenvalue weighted by atomic mass is 10.1. The molecule has 1 saturated heterocycles. The fraction of sp³-hybridized carbons (Fsp3) is 0.857. The first kappa shape index (κ1) is 15.9. The molecule has 0 aromatic carbocycles. The summed E-state index contributed by atoms with van der Waals surface area (Å²) in [6.45, 7) is 5.66. The van der Waals surface area contributed by atoms with E-state index < -0.39 is 0 Å². The second-order valence-corrected chi connectivity index (χ2v) is 5.09. The van der Waals surface area contributed by atoms with Crippen LogP contribution in [-0.4, -0.2) is 61.6 Å².